The first kappa shape index (κ1) is 32.9. The predicted molar refractivity (Wildman–Crippen MR) is 157 cm³/mol. The van der Waals surface area contributed by atoms with E-state index in [9.17, 15) is 4.79 Å². The lowest BCUT2D eigenvalue weighted by Gasteiger charge is -2.11. The van der Waals surface area contributed by atoms with Crippen LogP contribution in [0.25, 0.3) is 4.91 Å². The number of aromatic nitrogens is 2. The molecule has 0 aliphatic heterocycles. The molecule has 0 spiro atoms. The molecule has 1 aromatic heterocycles. The number of carbonyl (C=O) groups is 1. The number of allylic oxidation sites excluding steroid dienone is 1. The summed E-state index contributed by atoms with van der Waals surface area (Å²) in [5.74, 6) is 0.278. The van der Waals surface area contributed by atoms with Gasteiger partial charge in [0, 0.05) is 16.0 Å². The van der Waals surface area contributed by atoms with Gasteiger partial charge in [0.25, 0.3) is 0 Å². The summed E-state index contributed by atoms with van der Waals surface area (Å²) >= 11 is 3.16. The second kappa shape index (κ2) is 17.4. The molecule has 1 aliphatic carbocycles. The van der Waals surface area contributed by atoms with E-state index in [2.05, 4.69) is 51.7 Å². The van der Waals surface area contributed by atoms with Crippen molar-refractivity contribution in [3.63, 3.8) is 0 Å². The number of nitriles is 2. The van der Waals surface area contributed by atoms with E-state index in [0.29, 0.717) is 25.2 Å². The molecule has 3 rings (SSSR count). The van der Waals surface area contributed by atoms with Gasteiger partial charge in [0.2, 0.25) is 17.7 Å². The molecule has 2 aromatic rings. The molecule has 1 fully saturated rings. The first-order valence-electron chi connectivity index (χ1n) is 12.9. The zero-order chi connectivity index (χ0) is 28.6. The molecule has 204 valence electrons. The van der Waals surface area contributed by atoms with E-state index in [1.165, 1.54) is 0 Å². The van der Waals surface area contributed by atoms with E-state index in [0.717, 1.165) is 27.5 Å². The maximum atomic E-state index is 12.1. The van der Waals surface area contributed by atoms with Gasteiger partial charge >= 0.3 is 0 Å². The van der Waals surface area contributed by atoms with Crippen molar-refractivity contribution in [2.45, 2.75) is 89.3 Å². The Morgan fingerprint density at radius 2 is 1.92 bits per heavy atom. The zero-order valence-electron chi connectivity index (χ0n) is 23.4. The first-order valence-corrected chi connectivity index (χ1v) is 15.0. The molecule has 8 nitrogen and oxygen atoms in total. The maximum absolute atomic E-state index is 12.1. The molecule has 10 heteroatoms. The Bertz CT molecular complexity index is 1170. The summed E-state index contributed by atoms with van der Waals surface area (Å²) in [6.07, 6.45) is 8.36. The lowest BCUT2D eigenvalue weighted by Crippen LogP contribution is -2.36. The topological polar surface area (TPSA) is 128 Å². The van der Waals surface area contributed by atoms with Crippen molar-refractivity contribution in [2.75, 3.05) is 6.26 Å². The van der Waals surface area contributed by atoms with Crippen LogP contribution in [0.1, 0.15) is 78.1 Å². The summed E-state index contributed by atoms with van der Waals surface area (Å²) in [6, 6.07) is 10.5. The maximum Gasteiger partial charge on any atom is 0.230 e. The van der Waals surface area contributed by atoms with Crippen LogP contribution in [0.4, 0.5) is 5.69 Å². The van der Waals surface area contributed by atoms with Crippen LogP contribution < -0.4 is 5.32 Å². The molecule has 1 saturated carbocycles. The van der Waals surface area contributed by atoms with Gasteiger partial charge in [-0.15, -0.1) is 33.7 Å². The number of benzene rings is 1. The number of carbonyl (C=O) groups excluding carboxylic acids is 1. The minimum atomic E-state index is -0.711. The normalized spacial score (nSPS) is 14.2. The monoisotopic (exact) mass is 554 g/mol. The number of amides is 1. The third kappa shape index (κ3) is 10.4. The largest absolute Gasteiger partial charge is 0.424 e. The molecule has 1 heterocycles. The Morgan fingerprint density at radius 1 is 1.24 bits per heavy atom. The second-order valence-corrected chi connectivity index (χ2v) is 10.0. The van der Waals surface area contributed by atoms with E-state index >= 15 is 0 Å². The van der Waals surface area contributed by atoms with E-state index in [-0.39, 0.29) is 23.5 Å². The highest BCUT2D eigenvalue weighted by Crippen LogP contribution is 2.37. The summed E-state index contributed by atoms with van der Waals surface area (Å²) in [4.78, 5) is 18.7. The van der Waals surface area contributed by atoms with Crippen LogP contribution in [0.3, 0.4) is 0 Å². The van der Waals surface area contributed by atoms with Gasteiger partial charge in [-0.05, 0) is 50.1 Å². The Morgan fingerprint density at radius 3 is 2.50 bits per heavy atom. The molecule has 0 saturated heterocycles. The zero-order valence-corrected chi connectivity index (χ0v) is 25.0. The quantitative estimate of drug-likeness (QED) is 0.235. The Kier molecular flexibility index (Phi) is 15.1. The van der Waals surface area contributed by atoms with Crippen LogP contribution in [0.15, 0.2) is 38.6 Å². The average Bonchev–Trinajstić information content (AvgIpc) is 3.58. The van der Waals surface area contributed by atoms with Gasteiger partial charge in [0.15, 0.2) is 0 Å². The highest BCUT2D eigenvalue weighted by atomic mass is 32.2. The SMILES string of the molecule is CC.CC.CC/C=C(\SC(C)C#N)c1ccc(N=CCc2nnc(CC(=O)NC3(C#N)CC3)o2)c(SC)c1. The van der Waals surface area contributed by atoms with Crippen molar-refractivity contribution in [1.29, 1.82) is 10.5 Å². The van der Waals surface area contributed by atoms with Gasteiger partial charge in [-0.1, -0.05) is 46.8 Å². The Labute approximate surface area is 235 Å². The van der Waals surface area contributed by atoms with Gasteiger partial charge in [-0.25, -0.2) is 0 Å². The lowest BCUT2D eigenvalue weighted by molar-refractivity contribution is -0.121. The molecule has 0 bridgehead atoms. The average molecular weight is 555 g/mol. The molecular weight excluding hydrogens is 516 g/mol. The lowest BCUT2D eigenvalue weighted by atomic mass is 10.2. The van der Waals surface area contributed by atoms with Gasteiger partial charge in [-0.2, -0.15) is 10.5 Å². The Hall–Kier alpha value is -3.08. The molecule has 1 amide bonds. The molecule has 1 N–H and O–H groups in total. The molecule has 1 aliphatic rings. The van der Waals surface area contributed by atoms with Crippen LogP contribution in [-0.2, 0) is 17.6 Å². The summed E-state index contributed by atoms with van der Waals surface area (Å²) in [5.41, 5.74) is 1.19. The Balaban J connectivity index is 0.00000172. The van der Waals surface area contributed by atoms with Crippen LogP contribution in [0.5, 0.6) is 0 Å². The highest BCUT2D eigenvalue weighted by Gasteiger charge is 2.44. The van der Waals surface area contributed by atoms with Crippen molar-refractivity contribution in [2.24, 2.45) is 4.99 Å². The molecule has 38 heavy (non-hydrogen) atoms. The fourth-order valence-electron chi connectivity index (χ4n) is 3.08. The summed E-state index contributed by atoms with van der Waals surface area (Å²) < 4.78 is 5.54. The van der Waals surface area contributed by atoms with Crippen molar-refractivity contribution >= 4 is 46.2 Å². The number of hydrogen-bond donors (Lipinski definition) is 1. The van der Waals surface area contributed by atoms with E-state index in [4.69, 9.17) is 14.9 Å². The van der Waals surface area contributed by atoms with Gasteiger partial charge < -0.3 is 9.73 Å². The predicted octanol–water partition coefficient (Wildman–Crippen LogP) is 6.90. The summed E-state index contributed by atoms with van der Waals surface area (Å²) in [7, 11) is 0. The standard InChI is InChI=1S/C24H26N6O2S2.2C2H6/c1-4-5-19(34-16(2)14-25)17-6-7-18(20(12-17)33-3)27-11-8-22-29-30-23(32-22)13-21(31)28-24(15-26)9-10-24;2*1-2/h5-7,11-12,16H,4,8-10,13H2,1-3H3,(H,28,31);2*1-2H3/b19-5-,27-11?;;. The van der Waals surface area contributed by atoms with Crippen molar-refractivity contribution in [3.05, 3.63) is 41.6 Å². The number of rotatable bonds is 11. The molecule has 1 unspecified atom stereocenters. The summed E-state index contributed by atoms with van der Waals surface area (Å²) in [6.45, 7) is 12.0. The van der Waals surface area contributed by atoms with Crippen LogP contribution in [0.2, 0.25) is 0 Å². The molecular formula is C28H38N6O2S2. The minimum Gasteiger partial charge on any atom is -0.424 e. The number of aliphatic imine (C=N–C) groups is 1. The molecule has 1 atom stereocenters. The smallest absolute Gasteiger partial charge is 0.230 e. The van der Waals surface area contributed by atoms with Crippen LogP contribution >= 0.6 is 23.5 Å². The minimum absolute atomic E-state index is 0.0539. The van der Waals surface area contributed by atoms with E-state index in [1.807, 2.05) is 53.0 Å². The van der Waals surface area contributed by atoms with Crippen LogP contribution in [-0.4, -0.2) is 39.4 Å². The second-order valence-electron chi connectivity index (χ2n) is 7.78. The molecule has 1 aromatic carbocycles. The fraction of sp³-hybridized carbons (Fsp3) is 0.500. The number of nitrogens with zero attached hydrogens (tertiary/aromatic N) is 5. The number of hydrogen-bond acceptors (Lipinski definition) is 9. The third-order valence-electron chi connectivity index (χ3n) is 5.00. The van der Waals surface area contributed by atoms with Crippen molar-refractivity contribution < 1.29 is 9.21 Å². The fourth-order valence-corrected chi connectivity index (χ4v) is 4.61. The number of nitrogens with one attached hydrogen (secondary N) is 1. The third-order valence-corrected chi connectivity index (χ3v) is 6.88. The van der Waals surface area contributed by atoms with Crippen molar-refractivity contribution in [1.82, 2.24) is 15.5 Å². The number of thioether (sulfide) groups is 2. The van der Waals surface area contributed by atoms with E-state index in [1.54, 1.807) is 29.7 Å². The highest BCUT2D eigenvalue weighted by molar-refractivity contribution is 8.09. The van der Waals surface area contributed by atoms with Crippen molar-refractivity contribution in [3.8, 4) is 12.1 Å². The van der Waals surface area contributed by atoms with Crippen LogP contribution in [0, 0.1) is 22.7 Å². The van der Waals surface area contributed by atoms with Gasteiger partial charge in [0.05, 0.1) is 29.5 Å². The molecule has 0 radical (unpaired) electrons. The van der Waals surface area contributed by atoms with Gasteiger partial charge in [-0.3, -0.25) is 9.79 Å². The van der Waals surface area contributed by atoms with Gasteiger partial charge in [0.1, 0.15) is 12.0 Å². The first-order chi connectivity index (χ1) is 18.4. The summed E-state index contributed by atoms with van der Waals surface area (Å²) in [5, 5.41) is 28.7. The van der Waals surface area contributed by atoms with E-state index < -0.39 is 5.54 Å².